The second-order valence-corrected chi connectivity index (χ2v) is 8.31. The fraction of sp³-hybridized carbons (Fsp3) is 0.296. The van der Waals surface area contributed by atoms with Crippen molar-refractivity contribution in [3.8, 4) is 17.2 Å². The van der Waals surface area contributed by atoms with Crippen LogP contribution in [-0.4, -0.2) is 38.2 Å². The Kier molecular flexibility index (Phi) is 6.54. The Balaban J connectivity index is 1.71. The minimum Gasteiger partial charge on any atom is -0.493 e. The predicted molar refractivity (Wildman–Crippen MR) is 125 cm³/mol. The highest BCUT2D eigenvalue weighted by molar-refractivity contribution is 5.94. The molecule has 1 aliphatic rings. The summed E-state index contributed by atoms with van der Waals surface area (Å²) in [6.07, 6.45) is 0.669. The molecular weight excluding hydrogens is 421 g/mol. The Labute approximate surface area is 193 Å². The van der Waals surface area contributed by atoms with Crippen molar-refractivity contribution in [3.63, 3.8) is 0 Å². The number of nitrogens with zero attached hydrogens (tertiary/aromatic N) is 1. The second kappa shape index (κ2) is 9.53. The van der Waals surface area contributed by atoms with Crippen LogP contribution in [0, 0.1) is 19.7 Å². The Bertz CT molecular complexity index is 1140. The van der Waals surface area contributed by atoms with Crippen molar-refractivity contribution >= 4 is 5.91 Å². The third kappa shape index (κ3) is 4.80. The van der Waals surface area contributed by atoms with E-state index in [4.69, 9.17) is 14.2 Å². The summed E-state index contributed by atoms with van der Waals surface area (Å²) < 4.78 is 30.6. The van der Waals surface area contributed by atoms with Crippen LogP contribution in [0.4, 0.5) is 4.39 Å². The molecule has 0 aromatic heterocycles. The summed E-state index contributed by atoms with van der Waals surface area (Å²) in [6.45, 7) is 4.84. The van der Waals surface area contributed by atoms with Gasteiger partial charge in [-0.2, -0.15) is 0 Å². The van der Waals surface area contributed by atoms with Crippen molar-refractivity contribution < 1.29 is 23.4 Å². The molecule has 5 nitrogen and oxygen atoms in total. The lowest BCUT2D eigenvalue weighted by molar-refractivity contribution is 0.0589. The number of carbonyl (C=O) groups is 1. The van der Waals surface area contributed by atoms with E-state index in [1.165, 1.54) is 24.3 Å². The Hall–Kier alpha value is -3.54. The molecule has 3 aromatic carbocycles. The third-order valence-electron chi connectivity index (χ3n) is 5.96. The predicted octanol–water partition coefficient (Wildman–Crippen LogP) is 5.28. The van der Waals surface area contributed by atoms with Crippen molar-refractivity contribution in [1.82, 2.24) is 4.90 Å². The van der Waals surface area contributed by atoms with E-state index < -0.39 is 0 Å². The summed E-state index contributed by atoms with van der Waals surface area (Å²) >= 11 is 0. The summed E-state index contributed by atoms with van der Waals surface area (Å²) in [5.41, 5.74) is 4.71. The first-order chi connectivity index (χ1) is 15.9. The number of fused-ring (bicyclic) bond motifs is 1. The van der Waals surface area contributed by atoms with E-state index in [0.29, 0.717) is 30.0 Å². The van der Waals surface area contributed by atoms with E-state index in [-0.39, 0.29) is 24.4 Å². The monoisotopic (exact) mass is 449 g/mol. The highest BCUT2D eigenvalue weighted by Gasteiger charge is 2.33. The fourth-order valence-corrected chi connectivity index (χ4v) is 4.40. The van der Waals surface area contributed by atoms with Gasteiger partial charge in [0.2, 0.25) is 0 Å². The standard InChI is InChI=1S/C27H28FNO4/c1-17-11-18(2)13-22(12-17)33-16-24-23-15-26(32-4)25(31-3)14-20(23)9-10-29(24)27(30)19-5-7-21(28)8-6-19/h5-8,11-15,24H,9-10,16H2,1-4H3/t24-/m0/s1. The summed E-state index contributed by atoms with van der Waals surface area (Å²) in [5.74, 6) is 1.48. The summed E-state index contributed by atoms with van der Waals surface area (Å²) in [4.78, 5) is 15.2. The number of rotatable bonds is 6. The van der Waals surface area contributed by atoms with E-state index in [2.05, 4.69) is 6.07 Å². The van der Waals surface area contributed by atoms with E-state index in [9.17, 15) is 9.18 Å². The number of hydrogen-bond donors (Lipinski definition) is 0. The zero-order chi connectivity index (χ0) is 23.5. The van der Waals surface area contributed by atoms with Crippen LogP contribution in [-0.2, 0) is 6.42 Å². The largest absolute Gasteiger partial charge is 0.493 e. The van der Waals surface area contributed by atoms with Crippen LogP contribution in [0.15, 0.2) is 54.6 Å². The van der Waals surface area contributed by atoms with Gasteiger partial charge in [-0.25, -0.2) is 4.39 Å². The molecule has 0 unspecified atom stereocenters. The molecule has 33 heavy (non-hydrogen) atoms. The molecule has 1 amide bonds. The van der Waals surface area contributed by atoms with Gasteiger partial charge in [0.15, 0.2) is 11.5 Å². The third-order valence-corrected chi connectivity index (χ3v) is 5.96. The number of aryl methyl sites for hydroxylation is 2. The van der Waals surface area contributed by atoms with Crippen LogP contribution >= 0.6 is 0 Å². The first-order valence-electron chi connectivity index (χ1n) is 10.9. The second-order valence-electron chi connectivity index (χ2n) is 8.31. The Morgan fingerprint density at radius 2 is 1.61 bits per heavy atom. The maximum absolute atomic E-state index is 13.4. The lowest BCUT2D eigenvalue weighted by Crippen LogP contribution is -2.42. The molecule has 1 heterocycles. The number of benzene rings is 3. The van der Waals surface area contributed by atoms with Crippen molar-refractivity contribution in [3.05, 3.63) is 88.2 Å². The quantitative estimate of drug-likeness (QED) is 0.514. The molecule has 1 atom stereocenters. The van der Waals surface area contributed by atoms with Crippen LogP contribution in [0.3, 0.4) is 0 Å². The maximum Gasteiger partial charge on any atom is 0.254 e. The van der Waals surface area contributed by atoms with Crippen molar-refractivity contribution in [1.29, 1.82) is 0 Å². The SMILES string of the molecule is COc1cc2c(cc1OC)[C@H](COc1cc(C)cc(C)c1)N(C(=O)c1ccc(F)cc1)CC2. The van der Waals surface area contributed by atoms with Crippen LogP contribution < -0.4 is 14.2 Å². The first-order valence-corrected chi connectivity index (χ1v) is 10.9. The van der Waals surface area contributed by atoms with Crippen molar-refractivity contribution in [2.45, 2.75) is 26.3 Å². The molecule has 0 bridgehead atoms. The number of halogens is 1. The number of carbonyl (C=O) groups excluding carboxylic acids is 1. The van der Waals surface area contributed by atoms with E-state index in [1.54, 1.807) is 19.1 Å². The highest BCUT2D eigenvalue weighted by Crippen LogP contribution is 2.39. The van der Waals surface area contributed by atoms with E-state index in [1.807, 2.05) is 38.1 Å². The fourth-order valence-electron chi connectivity index (χ4n) is 4.40. The zero-order valence-electron chi connectivity index (χ0n) is 19.4. The van der Waals surface area contributed by atoms with Gasteiger partial charge in [0, 0.05) is 12.1 Å². The zero-order valence-corrected chi connectivity index (χ0v) is 19.4. The van der Waals surface area contributed by atoms with Gasteiger partial charge in [0.1, 0.15) is 18.2 Å². The summed E-state index contributed by atoms with van der Waals surface area (Å²) in [7, 11) is 3.20. The number of methoxy groups -OCH3 is 2. The Morgan fingerprint density at radius 3 is 2.24 bits per heavy atom. The van der Waals surface area contributed by atoms with Gasteiger partial charge in [-0.05, 0) is 91.1 Å². The van der Waals surface area contributed by atoms with Crippen molar-refractivity contribution in [2.24, 2.45) is 0 Å². The van der Waals surface area contributed by atoms with Crippen LogP contribution in [0.5, 0.6) is 17.2 Å². The molecule has 0 aliphatic carbocycles. The molecule has 1 aliphatic heterocycles. The lowest BCUT2D eigenvalue weighted by atomic mass is 9.91. The van der Waals surface area contributed by atoms with Gasteiger partial charge < -0.3 is 19.1 Å². The van der Waals surface area contributed by atoms with Gasteiger partial charge in [-0.15, -0.1) is 0 Å². The molecule has 0 spiro atoms. The van der Waals surface area contributed by atoms with E-state index in [0.717, 1.165) is 28.0 Å². The smallest absolute Gasteiger partial charge is 0.254 e. The maximum atomic E-state index is 13.4. The van der Waals surface area contributed by atoms with Crippen molar-refractivity contribution in [2.75, 3.05) is 27.4 Å². The summed E-state index contributed by atoms with van der Waals surface area (Å²) in [6, 6.07) is 15.3. The number of amides is 1. The molecule has 172 valence electrons. The van der Waals surface area contributed by atoms with Gasteiger partial charge in [0.25, 0.3) is 5.91 Å². The summed E-state index contributed by atoms with van der Waals surface area (Å²) in [5, 5.41) is 0. The molecule has 0 saturated heterocycles. The van der Waals surface area contributed by atoms with Crippen LogP contribution in [0.2, 0.25) is 0 Å². The molecular formula is C27H28FNO4. The minimum absolute atomic E-state index is 0.163. The van der Waals surface area contributed by atoms with Gasteiger partial charge >= 0.3 is 0 Å². The molecule has 0 N–H and O–H groups in total. The molecule has 0 radical (unpaired) electrons. The Morgan fingerprint density at radius 1 is 0.970 bits per heavy atom. The molecule has 6 heteroatoms. The topological polar surface area (TPSA) is 48.0 Å². The number of ether oxygens (including phenoxy) is 3. The molecule has 4 rings (SSSR count). The first kappa shape index (κ1) is 22.6. The average Bonchev–Trinajstić information content (AvgIpc) is 2.80. The average molecular weight is 450 g/mol. The van der Waals surface area contributed by atoms with E-state index >= 15 is 0 Å². The molecule has 0 fully saturated rings. The molecule has 0 saturated carbocycles. The van der Waals surface area contributed by atoms with Gasteiger partial charge in [-0.1, -0.05) is 6.07 Å². The highest BCUT2D eigenvalue weighted by atomic mass is 19.1. The minimum atomic E-state index is -0.373. The molecule has 3 aromatic rings. The van der Waals surface area contributed by atoms with Crippen LogP contribution in [0.25, 0.3) is 0 Å². The van der Waals surface area contributed by atoms with Gasteiger partial charge in [-0.3, -0.25) is 4.79 Å². The normalized spacial score (nSPS) is 15.1. The lowest BCUT2D eigenvalue weighted by Gasteiger charge is -2.37. The number of hydrogen-bond acceptors (Lipinski definition) is 4. The van der Waals surface area contributed by atoms with Crippen LogP contribution in [0.1, 0.15) is 38.7 Å². The van der Waals surface area contributed by atoms with Gasteiger partial charge in [0.05, 0.1) is 20.3 Å².